The summed E-state index contributed by atoms with van der Waals surface area (Å²) in [6.07, 6.45) is 0.475. The van der Waals surface area contributed by atoms with Gasteiger partial charge in [0.25, 0.3) is 0 Å². The molecule has 0 aliphatic heterocycles. The lowest BCUT2D eigenvalue weighted by Crippen LogP contribution is -2.26. The van der Waals surface area contributed by atoms with Crippen LogP contribution >= 0.6 is 11.6 Å². The van der Waals surface area contributed by atoms with Crippen molar-refractivity contribution in [3.8, 4) is 0 Å². The second-order valence-corrected chi connectivity index (χ2v) is 5.46. The Morgan fingerprint density at radius 3 is 2.33 bits per heavy atom. The van der Waals surface area contributed by atoms with Gasteiger partial charge in [0.05, 0.1) is 18.8 Å². The summed E-state index contributed by atoms with van der Waals surface area (Å²) in [6, 6.07) is 0. The van der Waals surface area contributed by atoms with Crippen LogP contribution in [0, 0.1) is 5.92 Å². The quantitative estimate of drug-likeness (QED) is 0.378. The lowest BCUT2D eigenvalue weighted by molar-refractivity contribution is -0.161. The summed E-state index contributed by atoms with van der Waals surface area (Å²) in [7, 11) is 0. The summed E-state index contributed by atoms with van der Waals surface area (Å²) in [6.45, 7) is 12.3. The molecule has 0 saturated heterocycles. The first-order chi connectivity index (χ1) is 8.36. The molecule has 0 aliphatic carbocycles. The van der Waals surface area contributed by atoms with Crippen molar-refractivity contribution < 1.29 is 14.6 Å². The Balaban J connectivity index is 3.91. The van der Waals surface area contributed by atoms with Gasteiger partial charge in [-0.05, 0) is 32.6 Å². The first-order valence-electron chi connectivity index (χ1n) is 6.53. The molecule has 0 bridgehead atoms. The average molecular weight is 279 g/mol. The molecule has 0 rings (SSSR count). The van der Waals surface area contributed by atoms with Crippen molar-refractivity contribution in [1.29, 1.82) is 0 Å². The van der Waals surface area contributed by atoms with E-state index in [0.29, 0.717) is 31.2 Å². The van der Waals surface area contributed by atoms with Crippen LogP contribution in [0.3, 0.4) is 0 Å². The number of ether oxygens (including phenoxy) is 2. The van der Waals surface area contributed by atoms with Gasteiger partial charge in [0.2, 0.25) is 0 Å². The first-order valence-corrected chi connectivity index (χ1v) is 7.06. The zero-order chi connectivity index (χ0) is 14.1. The molecule has 108 valence electrons. The number of hydrogen-bond acceptors (Lipinski definition) is 3. The fourth-order valence-corrected chi connectivity index (χ4v) is 1.64. The zero-order valence-electron chi connectivity index (χ0n) is 12.0. The van der Waals surface area contributed by atoms with E-state index in [1.54, 1.807) is 0 Å². The van der Waals surface area contributed by atoms with Gasteiger partial charge in [-0.2, -0.15) is 0 Å². The minimum Gasteiger partial charge on any atom is -0.389 e. The van der Waals surface area contributed by atoms with E-state index in [1.807, 2.05) is 13.8 Å². The number of aliphatic hydroxyl groups excluding tert-OH is 1. The predicted molar refractivity (Wildman–Crippen MR) is 75.9 cm³/mol. The van der Waals surface area contributed by atoms with E-state index in [4.69, 9.17) is 21.1 Å². The molecule has 1 N–H and O–H groups in total. The fraction of sp³-hybridized carbons (Fsp3) is 0.857. The maximum absolute atomic E-state index is 9.65. The summed E-state index contributed by atoms with van der Waals surface area (Å²) < 4.78 is 11.2. The lowest BCUT2D eigenvalue weighted by Gasteiger charge is -2.22. The van der Waals surface area contributed by atoms with Gasteiger partial charge in [0.15, 0.2) is 6.29 Å². The summed E-state index contributed by atoms with van der Waals surface area (Å²) in [5, 5.41) is 9.65. The van der Waals surface area contributed by atoms with Crippen molar-refractivity contribution in [2.24, 2.45) is 5.92 Å². The minimum atomic E-state index is -0.480. The van der Waals surface area contributed by atoms with Crippen molar-refractivity contribution in [3.63, 3.8) is 0 Å². The third kappa shape index (κ3) is 8.92. The highest BCUT2D eigenvalue weighted by Crippen LogP contribution is 2.14. The Morgan fingerprint density at radius 2 is 1.89 bits per heavy atom. The summed E-state index contributed by atoms with van der Waals surface area (Å²) >= 11 is 5.85. The molecule has 18 heavy (non-hydrogen) atoms. The zero-order valence-corrected chi connectivity index (χ0v) is 12.7. The molecule has 0 amide bonds. The van der Waals surface area contributed by atoms with Crippen molar-refractivity contribution in [2.45, 2.75) is 59.0 Å². The Morgan fingerprint density at radius 1 is 1.28 bits per heavy atom. The largest absolute Gasteiger partial charge is 0.389 e. The van der Waals surface area contributed by atoms with Gasteiger partial charge >= 0.3 is 0 Å². The fourth-order valence-electron chi connectivity index (χ4n) is 1.41. The summed E-state index contributed by atoms with van der Waals surface area (Å²) in [5.41, 5.74) is 0.771. The molecule has 0 saturated carbocycles. The first kappa shape index (κ1) is 17.9. The van der Waals surface area contributed by atoms with Gasteiger partial charge in [-0.25, -0.2) is 0 Å². The maximum Gasteiger partial charge on any atom is 0.155 e. The summed E-state index contributed by atoms with van der Waals surface area (Å²) in [5.74, 6) is 0.883. The second kappa shape index (κ2) is 9.79. The molecule has 0 aromatic rings. The average Bonchev–Trinajstić information content (AvgIpc) is 2.31. The highest BCUT2D eigenvalue weighted by Gasteiger charge is 2.15. The van der Waals surface area contributed by atoms with Crippen LogP contribution in [0.4, 0.5) is 0 Å². The second-order valence-electron chi connectivity index (χ2n) is 5.15. The van der Waals surface area contributed by atoms with E-state index in [9.17, 15) is 5.11 Å². The highest BCUT2D eigenvalue weighted by molar-refractivity contribution is 6.18. The van der Waals surface area contributed by atoms with Crippen molar-refractivity contribution >= 4 is 11.6 Å². The van der Waals surface area contributed by atoms with Crippen LogP contribution in [0.1, 0.15) is 40.5 Å². The molecule has 0 spiro atoms. The molecule has 4 heteroatoms. The SMILES string of the molecule is C=C(C)C(O)CCC(CCl)OC(C)OCC(C)C. The molecular formula is C14H27ClO3. The van der Waals surface area contributed by atoms with Gasteiger partial charge in [-0.1, -0.05) is 26.0 Å². The van der Waals surface area contributed by atoms with Crippen LogP contribution in [0.25, 0.3) is 0 Å². The molecule has 0 heterocycles. The van der Waals surface area contributed by atoms with Crippen LogP contribution in [0.2, 0.25) is 0 Å². The molecule has 3 atom stereocenters. The highest BCUT2D eigenvalue weighted by atomic mass is 35.5. The Bertz CT molecular complexity index is 231. The third-order valence-electron chi connectivity index (χ3n) is 2.55. The van der Waals surface area contributed by atoms with Crippen LogP contribution in [-0.4, -0.2) is 36.1 Å². The Hall–Kier alpha value is -0.0900. The standard InChI is InChI=1S/C14H27ClO3/c1-10(2)9-17-12(5)18-13(8-15)6-7-14(16)11(3)4/h10,12-14,16H,3,6-9H2,1-2,4-5H3. The van der Waals surface area contributed by atoms with Crippen LogP contribution in [-0.2, 0) is 9.47 Å². The Kier molecular flexibility index (Phi) is 9.74. The molecule has 0 fully saturated rings. The summed E-state index contributed by atoms with van der Waals surface area (Å²) in [4.78, 5) is 0. The third-order valence-corrected chi connectivity index (χ3v) is 2.90. The van der Waals surface area contributed by atoms with Crippen molar-refractivity contribution in [2.75, 3.05) is 12.5 Å². The number of halogens is 1. The minimum absolute atomic E-state index is 0.0946. The van der Waals surface area contributed by atoms with E-state index >= 15 is 0 Å². The lowest BCUT2D eigenvalue weighted by atomic mass is 10.1. The number of hydrogen-bond donors (Lipinski definition) is 1. The number of aliphatic hydroxyl groups is 1. The molecular weight excluding hydrogens is 252 g/mol. The van der Waals surface area contributed by atoms with Gasteiger partial charge in [0.1, 0.15) is 0 Å². The van der Waals surface area contributed by atoms with E-state index in [1.165, 1.54) is 0 Å². The smallest absolute Gasteiger partial charge is 0.155 e. The monoisotopic (exact) mass is 278 g/mol. The van der Waals surface area contributed by atoms with Gasteiger partial charge in [-0.3, -0.25) is 0 Å². The van der Waals surface area contributed by atoms with Gasteiger partial charge in [-0.15, -0.1) is 11.6 Å². The van der Waals surface area contributed by atoms with Crippen LogP contribution < -0.4 is 0 Å². The van der Waals surface area contributed by atoms with Crippen molar-refractivity contribution in [3.05, 3.63) is 12.2 Å². The van der Waals surface area contributed by atoms with Gasteiger partial charge < -0.3 is 14.6 Å². The van der Waals surface area contributed by atoms with E-state index in [-0.39, 0.29) is 12.4 Å². The molecule has 0 aliphatic rings. The molecule has 3 unspecified atom stereocenters. The van der Waals surface area contributed by atoms with Crippen LogP contribution in [0.15, 0.2) is 12.2 Å². The number of alkyl halides is 1. The molecule has 3 nitrogen and oxygen atoms in total. The predicted octanol–water partition coefficient (Wildman–Crippen LogP) is 3.35. The molecule has 0 aromatic heterocycles. The molecule has 0 aromatic carbocycles. The normalized spacial score (nSPS) is 16.6. The van der Waals surface area contributed by atoms with E-state index in [0.717, 1.165) is 5.57 Å². The van der Waals surface area contributed by atoms with E-state index < -0.39 is 6.10 Å². The molecule has 0 radical (unpaired) electrons. The van der Waals surface area contributed by atoms with E-state index in [2.05, 4.69) is 20.4 Å². The van der Waals surface area contributed by atoms with Gasteiger partial charge in [0, 0.05) is 5.88 Å². The Labute approximate surface area is 116 Å². The topological polar surface area (TPSA) is 38.7 Å². The van der Waals surface area contributed by atoms with Crippen LogP contribution in [0.5, 0.6) is 0 Å². The maximum atomic E-state index is 9.65. The van der Waals surface area contributed by atoms with Crippen molar-refractivity contribution in [1.82, 2.24) is 0 Å². The number of rotatable bonds is 10.